The first kappa shape index (κ1) is 13.4. The second-order valence-corrected chi connectivity index (χ2v) is 4.90. The molecule has 2 aromatic rings. The van der Waals surface area contributed by atoms with Crippen LogP contribution in [0, 0.1) is 5.82 Å². The molecule has 1 N–H and O–H groups in total. The summed E-state index contributed by atoms with van der Waals surface area (Å²) in [5.41, 5.74) is 1.79. The van der Waals surface area contributed by atoms with Gasteiger partial charge in [-0.2, -0.15) is 0 Å². The molecule has 0 spiro atoms. The highest BCUT2D eigenvalue weighted by Gasteiger charge is 2.15. The molecule has 18 heavy (non-hydrogen) atoms. The number of hydrogen-bond donors (Lipinski definition) is 1. The summed E-state index contributed by atoms with van der Waals surface area (Å²) in [6.45, 7) is 2.85. The second-order valence-electron chi connectivity index (χ2n) is 3.88. The van der Waals surface area contributed by atoms with E-state index in [1.54, 1.807) is 6.07 Å². The van der Waals surface area contributed by atoms with Crippen molar-refractivity contribution in [1.82, 2.24) is 14.9 Å². The molecule has 3 nitrogen and oxygen atoms in total. The average molecular weight is 286 g/mol. The van der Waals surface area contributed by atoms with Crippen LogP contribution in [-0.4, -0.2) is 16.1 Å². The van der Waals surface area contributed by atoms with Crippen LogP contribution in [0.15, 0.2) is 23.6 Å². The van der Waals surface area contributed by atoms with E-state index in [-0.39, 0.29) is 11.9 Å². The minimum Gasteiger partial charge on any atom is -0.309 e. The van der Waals surface area contributed by atoms with E-state index in [9.17, 15) is 4.39 Å². The van der Waals surface area contributed by atoms with E-state index >= 15 is 0 Å². The fourth-order valence-corrected chi connectivity index (χ4v) is 2.51. The molecule has 0 fully saturated rings. The van der Waals surface area contributed by atoms with Crippen molar-refractivity contribution in [2.24, 2.45) is 0 Å². The lowest BCUT2D eigenvalue weighted by Crippen LogP contribution is -2.23. The topological polar surface area (TPSA) is 37.8 Å². The van der Waals surface area contributed by atoms with Gasteiger partial charge in [-0.1, -0.05) is 29.1 Å². The number of nitrogens with one attached hydrogen (secondary N) is 1. The van der Waals surface area contributed by atoms with Crippen LogP contribution in [0.2, 0.25) is 5.02 Å². The fourth-order valence-electron chi connectivity index (χ4n) is 1.76. The third kappa shape index (κ3) is 3.25. The summed E-state index contributed by atoms with van der Waals surface area (Å²) in [5.74, 6) is -0.320. The Kier molecular flexibility index (Phi) is 4.63. The van der Waals surface area contributed by atoms with Gasteiger partial charge in [-0.15, -0.1) is 5.10 Å². The van der Waals surface area contributed by atoms with Gasteiger partial charge in [0.2, 0.25) is 0 Å². The van der Waals surface area contributed by atoms with E-state index in [1.807, 2.05) is 12.3 Å². The quantitative estimate of drug-likeness (QED) is 0.916. The van der Waals surface area contributed by atoms with Crippen molar-refractivity contribution >= 4 is 23.1 Å². The van der Waals surface area contributed by atoms with Gasteiger partial charge >= 0.3 is 0 Å². The van der Waals surface area contributed by atoms with E-state index in [0.717, 1.165) is 17.8 Å². The van der Waals surface area contributed by atoms with E-state index in [1.165, 1.54) is 23.7 Å². The predicted octanol–water partition coefficient (Wildman–Crippen LogP) is 3.22. The Labute approximate surface area is 114 Å². The Hall–Kier alpha value is -1.04. The van der Waals surface area contributed by atoms with Crippen LogP contribution in [0.25, 0.3) is 0 Å². The van der Waals surface area contributed by atoms with Crippen LogP contribution in [0.3, 0.4) is 0 Å². The van der Waals surface area contributed by atoms with Crippen molar-refractivity contribution in [3.05, 3.63) is 45.7 Å². The Morgan fingerprint density at radius 3 is 2.94 bits per heavy atom. The Bertz CT molecular complexity index is 504. The maximum Gasteiger partial charge on any atom is 0.124 e. The SMILES string of the molecule is CCNC(Cc1ccc(F)cc1Cl)c1csnn1. The summed E-state index contributed by atoms with van der Waals surface area (Å²) < 4.78 is 16.8. The molecule has 96 valence electrons. The summed E-state index contributed by atoms with van der Waals surface area (Å²) in [6, 6.07) is 4.52. The van der Waals surface area contributed by atoms with E-state index < -0.39 is 0 Å². The number of halogens is 2. The molecule has 0 bridgehead atoms. The molecule has 0 saturated carbocycles. The maximum absolute atomic E-state index is 13.0. The van der Waals surface area contributed by atoms with E-state index in [0.29, 0.717) is 11.4 Å². The standard InChI is InChI=1S/C12H13ClFN3S/c1-2-15-11(12-7-18-17-16-12)5-8-3-4-9(14)6-10(8)13/h3-4,6-7,11,15H,2,5H2,1H3. The van der Waals surface area contributed by atoms with Crippen molar-refractivity contribution in [2.45, 2.75) is 19.4 Å². The molecule has 2 rings (SSSR count). The summed E-state index contributed by atoms with van der Waals surface area (Å²) >= 11 is 7.35. The first-order valence-corrected chi connectivity index (χ1v) is 6.86. The first-order valence-electron chi connectivity index (χ1n) is 5.65. The highest BCUT2D eigenvalue weighted by Crippen LogP contribution is 2.23. The van der Waals surface area contributed by atoms with Gasteiger partial charge in [-0.3, -0.25) is 0 Å². The van der Waals surface area contributed by atoms with Gasteiger partial charge in [0.1, 0.15) is 5.82 Å². The number of likely N-dealkylation sites (N-methyl/N-ethyl adjacent to an activating group) is 1. The lowest BCUT2D eigenvalue weighted by Gasteiger charge is -2.16. The van der Waals surface area contributed by atoms with Crippen LogP contribution in [0.1, 0.15) is 24.2 Å². The molecule has 1 atom stereocenters. The summed E-state index contributed by atoms with van der Waals surface area (Å²) in [4.78, 5) is 0. The van der Waals surface area contributed by atoms with Gasteiger partial charge in [0.15, 0.2) is 0 Å². The van der Waals surface area contributed by atoms with Gasteiger partial charge in [-0.05, 0) is 42.2 Å². The molecule has 1 unspecified atom stereocenters. The molecular formula is C12H13ClFN3S. The third-order valence-corrected chi connectivity index (χ3v) is 3.50. The van der Waals surface area contributed by atoms with E-state index in [2.05, 4.69) is 14.9 Å². The molecule has 0 radical (unpaired) electrons. The van der Waals surface area contributed by atoms with Gasteiger partial charge in [0, 0.05) is 10.4 Å². The molecule has 1 aromatic carbocycles. The van der Waals surface area contributed by atoms with Gasteiger partial charge in [0.25, 0.3) is 0 Å². The molecule has 0 saturated heterocycles. The first-order chi connectivity index (χ1) is 8.70. The van der Waals surface area contributed by atoms with Gasteiger partial charge < -0.3 is 5.32 Å². The van der Waals surface area contributed by atoms with Gasteiger partial charge in [0.05, 0.1) is 11.7 Å². The maximum atomic E-state index is 13.0. The number of benzene rings is 1. The van der Waals surface area contributed by atoms with Crippen molar-refractivity contribution in [2.75, 3.05) is 6.54 Å². The molecule has 1 heterocycles. The van der Waals surface area contributed by atoms with Crippen molar-refractivity contribution < 1.29 is 4.39 Å². The van der Waals surface area contributed by atoms with Crippen LogP contribution in [0.5, 0.6) is 0 Å². The third-order valence-electron chi connectivity index (χ3n) is 2.62. The zero-order chi connectivity index (χ0) is 13.0. The average Bonchev–Trinajstić information content (AvgIpc) is 2.85. The molecule has 0 aliphatic carbocycles. The number of nitrogens with zero attached hydrogens (tertiary/aromatic N) is 2. The van der Waals surface area contributed by atoms with Crippen LogP contribution in [-0.2, 0) is 6.42 Å². The lowest BCUT2D eigenvalue weighted by molar-refractivity contribution is 0.535. The lowest BCUT2D eigenvalue weighted by atomic mass is 10.0. The zero-order valence-corrected chi connectivity index (χ0v) is 11.4. The Morgan fingerprint density at radius 1 is 1.50 bits per heavy atom. The number of rotatable bonds is 5. The minimum atomic E-state index is -0.320. The molecule has 0 amide bonds. The molecule has 1 aromatic heterocycles. The molecule has 0 aliphatic heterocycles. The summed E-state index contributed by atoms with van der Waals surface area (Å²) in [6.07, 6.45) is 0.665. The zero-order valence-electron chi connectivity index (χ0n) is 9.86. The van der Waals surface area contributed by atoms with Gasteiger partial charge in [-0.25, -0.2) is 4.39 Å². The van der Waals surface area contributed by atoms with Crippen LogP contribution < -0.4 is 5.32 Å². The molecule has 0 aliphatic rings. The van der Waals surface area contributed by atoms with Crippen molar-refractivity contribution in [1.29, 1.82) is 0 Å². The number of aromatic nitrogens is 2. The minimum absolute atomic E-state index is 0.0525. The summed E-state index contributed by atoms with van der Waals surface area (Å²) in [5, 5.41) is 9.75. The fraction of sp³-hybridized carbons (Fsp3) is 0.333. The molecule has 6 heteroatoms. The number of hydrogen-bond acceptors (Lipinski definition) is 4. The summed E-state index contributed by atoms with van der Waals surface area (Å²) in [7, 11) is 0. The van der Waals surface area contributed by atoms with Crippen LogP contribution in [0.4, 0.5) is 4.39 Å². The highest BCUT2D eigenvalue weighted by molar-refractivity contribution is 7.03. The van der Waals surface area contributed by atoms with E-state index in [4.69, 9.17) is 11.6 Å². The molecular weight excluding hydrogens is 273 g/mol. The Morgan fingerprint density at radius 2 is 2.33 bits per heavy atom. The van der Waals surface area contributed by atoms with Crippen molar-refractivity contribution in [3.63, 3.8) is 0 Å². The monoisotopic (exact) mass is 285 g/mol. The highest BCUT2D eigenvalue weighted by atomic mass is 35.5. The Balaban J connectivity index is 2.18. The van der Waals surface area contributed by atoms with Crippen LogP contribution >= 0.6 is 23.1 Å². The largest absolute Gasteiger partial charge is 0.309 e. The van der Waals surface area contributed by atoms with Crippen molar-refractivity contribution in [3.8, 4) is 0 Å². The normalized spacial score (nSPS) is 12.6. The smallest absolute Gasteiger partial charge is 0.124 e. The second kappa shape index (κ2) is 6.22. The predicted molar refractivity (Wildman–Crippen MR) is 71.4 cm³/mol.